The monoisotopic (exact) mass is 394 g/mol. The number of aromatic nitrogens is 2. The molecule has 3 aromatic rings. The first kappa shape index (κ1) is 18.8. The Morgan fingerprint density at radius 2 is 1.76 bits per heavy atom. The number of aryl methyl sites for hydroxylation is 1. The summed E-state index contributed by atoms with van der Waals surface area (Å²) in [7, 11) is 0. The van der Waals surface area contributed by atoms with Crippen molar-refractivity contribution in [3.05, 3.63) is 65.8 Å². The van der Waals surface area contributed by atoms with Crippen molar-refractivity contribution in [2.24, 2.45) is 0 Å². The number of halogens is 1. The van der Waals surface area contributed by atoms with Crippen LogP contribution in [0.2, 0.25) is 0 Å². The van der Waals surface area contributed by atoms with Crippen molar-refractivity contribution < 1.29 is 18.5 Å². The summed E-state index contributed by atoms with van der Waals surface area (Å²) in [4.78, 5) is 32.1. The van der Waals surface area contributed by atoms with Gasteiger partial charge in [-0.2, -0.15) is 4.98 Å². The highest BCUT2D eigenvalue weighted by atomic mass is 19.1. The molecular formula is C21H19FN4O3. The van der Waals surface area contributed by atoms with Gasteiger partial charge >= 0.3 is 6.03 Å². The molecule has 0 radical (unpaired) electrons. The van der Waals surface area contributed by atoms with Gasteiger partial charge < -0.3 is 4.52 Å². The largest absolute Gasteiger partial charge is 0.337 e. The quantitative estimate of drug-likeness (QED) is 0.615. The van der Waals surface area contributed by atoms with Crippen LogP contribution in [0.1, 0.15) is 25.3 Å². The van der Waals surface area contributed by atoms with E-state index in [9.17, 15) is 14.0 Å². The van der Waals surface area contributed by atoms with Crippen LogP contribution in [0.4, 0.5) is 14.9 Å². The van der Waals surface area contributed by atoms with Crippen LogP contribution in [0.15, 0.2) is 53.1 Å². The number of anilines is 1. The minimum absolute atomic E-state index is 0.125. The van der Waals surface area contributed by atoms with E-state index in [2.05, 4.69) is 17.1 Å². The minimum atomic E-state index is -0.711. The lowest BCUT2D eigenvalue weighted by molar-refractivity contribution is -0.127. The van der Waals surface area contributed by atoms with Gasteiger partial charge in [-0.05, 0) is 43.2 Å². The molecule has 1 atom stereocenters. The number of nitrogens with zero attached hydrogens (tertiary/aromatic N) is 4. The molecule has 148 valence electrons. The van der Waals surface area contributed by atoms with Crippen molar-refractivity contribution in [1.82, 2.24) is 15.0 Å². The van der Waals surface area contributed by atoms with Gasteiger partial charge in [0.05, 0.1) is 0 Å². The molecule has 1 unspecified atom stereocenters. The molecule has 2 heterocycles. The predicted molar refractivity (Wildman–Crippen MR) is 103 cm³/mol. The van der Waals surface area contributed by atoms with Crippen LogP contribution in [0.25, 0.3) is 11.4 Å². The molecule has 0 N–H and O–H groups in total. The van der Waals surface area contributed by atoms with E-state index in [4.69, 9.17) is 4.52 Å². The molecule has 2 aromatic carbocycles. The third kappa shape index (κ3) is 3.49. The Kier molecular flexibility index (Phi) is 4.84. The Hall–Kier alpha value is -3.55. The zero-order chi connectivity index (χ0) is 20.5. The SMILES string of the molecule is CCc1ccc(-c2noc(CN3C(=O)C(C)N(c4ccc(F)cc4)C3=O)n2)cc1. The zero-order valence-electron chi connectivity index (χ0n) is 16.0. The smallest absolute Gasteiger partial charge is 0.332 e. The van der Waals surface area contributed by atoms with E-state index >= 15 is 0 Å². The normalized spacial score (nSPS) is 16.7. The molecule has 1 aliphatic rings. The molecule has 8 heteroatoms. The Balaban J connectivity index is 1.53. The van der Waals surface area contributed by atoms with Crippen molar-refractivity contribution in [1.29, 1.82) is 0 Å². The summed E-state index contributed by atoms with van der Waals surface area (Å²) in [5.41, 5.74) is 2.43. The van der Waals surface area contributed by atoms with Gasteiger partial charge in [0, 0.05) is 11.3 Å². The summed E-state index contributed by atoms with van der Waals surface area (Å²) in [5.74, 6) is -0.243. The van der Waals surface area contributed by atoms with Crippen LogP contribution >= 0.6 is 0 Å². The topological polar surface area (TPSA) is 79.5 Å². The molecule has 1 fully saturated rings. The highest BCUT2D eigenvalue weighted by Crippen LogP contribution is 2.27. The number of hydrogen-bond donors (Lipinski definition) is 0. The molecule has 0 spiro atoms. The average Bonchev–Trinajstić information content (AvgIpc) is 3.28. The van der Waals surface area contributed by atoms with Crippen molar-refractivity contribution >= 4 is 17.6 Å². The van der Waals surface area contributed by atoms with Gasteiger partial charge in [-0.15, -0.1) is 0 Å². The molecule has 29 heavy (non-hydrogen) atoms. The second-order valence-corrected chi connectivity index (χ2v) is 6.79. The fourth-order valence-electron chi connectivity index (χ4n) is 3.27. The van der Waals surface area contributed by atoms with Gasteiger partial charge in [0.2, 0.25) is 11.7 Å². The Morgan fingerprint density at radius 3 is 2.41 bits per heavy atom. The lowest BCUT2D eigenvalue weighted by atomic mass is 10.1. The number of carbonyl (C=O) groups excluding carboxylic acids is 2. The van der Waals surface area contributed by atoms with Gasteiger partial charge in [0.25, 0.3) is 5.91 Å². The van der Waals surface area contributed by atoms with Crippen molar-refractivity contribution in [3.8, 4) is 11.4 Å². The number of benzene rings is 2. The maximum absolute atomic E-state index is 13.2. The summed E-state index contributed by atoms with van der Waals surface area (Å²) in [6.45, 7) is 3.57. The van der Waals surface area contributed by atoms with Crippen LogP contribution in [-0.2, 0) is 17.8 Å². The first-order valence-electron chi connectivity index (χ1n) is 9.30. The van der Waals surface area contributed by atoms with Crippen LogP contribution in [0.5, 0.6) is 0 Å². The standard InChI is InChI=1S/C21H19FN4O3/c1-3-14-4-6-15(7-5-14)19-23-18(29-24-19)12-25-20(27)13(2)26(21(25)28)17-10-8-16(22)9-11-17/h4-11,13H,3,12H2,1-2H3. The first-order chi connectivity index (χ1) is 14.0. The second-order valence-electron chi connectivity index (χ2n) is 6.79. The molecule has 0 aliphatic carbocycles. The number of carbonyl (C=O) groups is 2. The molecule has 0 bridgehead atoms. The fraction of sp³-hybridized carbons (Fsp3) is 0.238. The van der Waals surface area contributed by atoms with Gasteiger partial charge in [-0.25, -0.2) is 9.18 Å². The number of urea groups is 1. The van der Waals surface area contributed by atoms with Gasteiger partial charge in [-0.1, -0.05) is 36.3 Å². The second kappa shape index (κ2) is 7.46. The summed E-state index contributed by atoms with van der Waals surface area (Å²) in [6, 6.07) is 12.0. The maximum atomic E-state index is 13.2. The molecule has 0 saturated carbocycles. The van der Waals surface area contributed by atoms with Crippen LogP contribution in [-0.4, -0.2) is 33.0 Å². The van der Waals surface area contributed by atoms with E-state index in [-0.39, 0.29) is 18.3 Å². The molecule has 7 nitrogen and oxygen atoms in total. The zero-order valence-corrected chi connectivity index (χ0v) is 16.0. The molecule has 1 saturated heterocycles. The predicted octanol–water partition coefficient (Wildman–Crippen LogP) is 3.80. The lowest BCUT2D eigenvalue weighted by Crippen LogP contribution is -2.33. The third-order valence-corrected chi connectivity index (χ3v) is 4.93. The van der Waals surface area contributed by atoms with Crippen molar-refractivity contribution in [2.45, 2.75) is 32.9 Å². The number of hydrogen-bond acceptors (Lipinski definition) is 5. The van der Waals surface area contributed by atoms with E-state index in [1.54, 1.807) is 6.92 Å². The van der Waals surface area contributed by atoms with Crippen LogP contribution in [0.3, 0.4) is 0 Å². The van der Waals surface area contributed by atoms with Gasteiger partial charge in [0.1, 0.15) is 18.4 Å². The Labute approximate surface area is 166 Å². The van der Waals surface area contributed by atoms with E-state index in [0.29, 0.717) is 11.5 Å². The first-order valence-corrected chi connectivity index (χ1v) is 9.30. The summed E-state index contributed by atoms with van der Waals surface area (Å²) < 4.78 is 18.4. The Morgan fingerprint density at radius 1 is 1.07 bits per heavy atom. The molecule has 4 rings (SSSR count). The van der Waals surface area contributed by atoms with Crippen LogP contribution in [0, 0.1) is 5.82 Å². The summed E-state index contributed by atoms with van der Waals surface area (Å²) in [5, 5.41) is 3.95. The molecule has 1 aliphatic heterocycles. The average molecular weight is 394 g/mol. The molecule has 3 amide bonds. The third-order valence-electron chi connectivity index (χ3n) is 4.93. The van der Waals surface area contributed by atoms with E-state index < -0.39 is 17.9 Å². The summed E-state index contributed by atoms with van der Waals surface area (Å²) in [6.07, 6.45) is 0.930. The lowest BCUT2D eigenvalue weighted by Gasteiger charge is -2.18. The number of rotatable bonds is 5. The molecular weight excluding hydrogens is 375 g/mol. The number of amides is 3. The highest BCUT2D eigenvalue weighted by Gasteiger charge is 2.44. The van der Waals surface area contributed by atoms with E-state index in [1.165, 1.54) is 34.7 Å². The number of imide groups is 1. The fourth-order valence-corrected chi connectivity index (χ4v) is 3.27. The Bertz CT molecular complexity index is 1050. The minimum Gasteiger partial charge on any atom is -0.337 e. The van der Waals surface area contributed by atoms with E-state index in [0.717, 1.165) is 16.9 Å². The van der Waals surface area contributed by atoms with E-state index in [1.807, 2.05) is 24.3 Å². The summed E-state index contributed by atoms with van der Waals surface area (Å²) >= 11 is 0. The van der Waals surface area contributed by atoms with Gasteiger partial charge in [0.15, 0.2) is 0 Å². The molecule has 1 aromatic heterocycles. The van der Waals surface area contributed by atoms with Gasteiger partial charge in [-0.3, -0.25) is 14.6 Å². The highest BCUT2D eigenvalue weighted by molar-refractivity contribution is 6.13. The van der Waals surface area contributed by atoms with Crippen LogP contribution < -0.4 is 4.90 Å². The van der Waals surface area contributed by atoms with Crippen molar-refractivity contribution in [3.63, 3.8) is 0 Å². The maximum Gasteiger partial charge on any atom is 0.332 e. The van der Waals surface area contributed by atoms with Crippen molar-refractivity contribution in [2.75, 3.05) is 4.90 Å².